The van der Waals surface area contributed by atoms with E-state index in [-0.39, 0.29) is 24.1 Å². The maximum atomic E-state index is 12.4. The van der Waals surface area contributed by atoms with Gasteiger partial charge in [0.25, 0.3) is 11.8 Å². The van der Waals surface area contributed by atoms with Crippen LogP contribution in [-0.2, 0) is 20.8 Å². The fraction of sp³-hybridized carbons (Fsp3) is 0.500. The average Bonchev–Trinajstić information content (AvgIpc) is 2.83. The Morgan fingerprint density at radius 3 is 2.42 bits per heavy atom. The highest BCUT2D eigenvalue weighted by atomic mass is 16.2. The van der Waals surface area contributed by atoms with Crippen LogP contribution in [-0.4, -0.2) is 47.8 Å². The monoisotopic (exact) mass is 329 g/mol. The first kappa shape index (κ1) is 16.5. The SMILES string of the molecule is CN1NC(=O)C(CC(=O)N2CCC(Cc3ccccc3)CC2)C1=O. The summed E-state index contributed by atoms with van der Waals surface area (Å²) in [6.07, 6.45) is 2.94. The molecule has 3 rings (SSSR count). The van der Waals surface area contributed by atoms with E-state index in [1.807, 2.05) is 6.07 Å². The third-order valence-corrected chi connectivity index (χ3v) is 4.94. The summed E-state index contributed by atoms with van der Waals surface area (Å²) in [7, 11) is 1.50. The Kier molecular flexibility index (Phi) is 4.83. The lowest BCUT2D eigenvalue weighted by atomic mass is 9.90. The van der Waals surface area contributed by atoms with Gasteiger partial charge in [0.15, 0.2) is 0 Å². The molecule has 0 spiro atoms. The van der Waals surface area contributed by atoms with E-state index in [1.54, 1.807) is 4.90 Å². The number of rotatable bonds is 4. The van der Waals surface area contributed by atoms with Crippen LogP contribution in [0.25, 0.3) is 0 Å². The molecule has 0 bridgehead atoms. The Bertz CT molecular complexity index is 624. The topological polar surface area (TPSA) is 69.7 Å². The van der Waals surface area contributed by atoms with E-state index in [2.05, 4.69) is 29.7 Å². The standard InChI is InChI=1S/C18H23N3O3/c1-20-18(24)15(17(23)19-20)12-16(22)21-9-7-14(8-10-21)11-13-5-3-2-4-6-13/h2-6,14-15H,7-12H2,1H3,(H,19,23). The molecule has 1 aromatic carbocycles. The van der Waals surface area contributed by atoms with Gasteiger partial charge in [-0.2, -0.15) is 0 Å². The van der Waals surface area contributed by atoms with E-state index < -0.39 is 5.92 Å². The Labute approximate surface area is 141 Å². The molecular formula is C18H23N3O3. The minimum Gasteiger partial charge on any atom is -0.343 e. The van der Waals surface area contributed by atoms with Crippen LogP contribution in [0.5, 0.6) is 0 Å². The first-order valence-electron chi connectivity index (χ1n) is 8.44. The molecule has 6 heteroatoms. The summed E-state index contributed by atoms with van der Waals surface area (Å²) in [5.41, 5.74) is 3.77. The zero-order valence-corrected chi connectivity index (χ0v) is 13.9. The van der Waals surface area contributed by atoms with Gasteiger partial charge >= 0.3 is 0 Å². The van der Waals surface area contributed by atoms with E-state index in [9.17, 15) is 14.4 Å². The van der Waals surface area contributed by atoms with Crippen LogP contribution in [0.1, 0.15) is 24.8 Å². The molecule has 2 aliphatic rings. The molecule has 0 aromatic heterocycles. The van der Waals surface area contributed by atoms with Gasteiger partial charge in [-0.1, -0.05) is 30.3 Å². The van der Waals surface area contributed by atoms with Crippen molar-refractivity contribution in [3.63, 3.8) is 0 Å². The number of hydrazine groups is 1. The van der Waals surface area contributed by atoms with Gasteiger partial charge in [-0.25, -0.2) is 0 Å². The molecule has 2 heterocycles. The molecule has 2 fully saturated rings. The second-order valence-corrected chi connectivity index (χ2v) is 6.64. The Balaban J connectivity index is 1.49. The molecule has 128 valence electrons. The molecular weight excluding hydrogens is 306 g/mol. The molecule has 3 amide bonds. The van der Waals surface area contributed by atoms with E-state index >= 15 is 0 Å². The molecule has 1 atom stereocenters. The largest absolute Gasteiger partial charge is 0.343 e. The van der Waals surface area contributed by atoms with E-state index in [4.69, 9.17) is 0 Å². The minimum atomic E-state index is -0.871. The highest BCUT2D eigenvalue weighted by Crippen LogP contribution is 2.23. The number of hydrogen-bond donors (Lipinski definition) is 1. The van der Waals surface area contributed by atoms with Gasteiger partial charge in [0.2, 0.25) is 5.91 Å². The predicted octanol–water partition coefficient (Wildman–Crippen LogP) is 0.977. The van der Waals surface area contributed by atoms with Crippen molar-refractivity contribution in [2.75, 3.05) is 20.1 Å². The van der Waals surface area contributed by atoms with Gasteiger partial charge in [-0.05, 0) is 30.7 Å². The van der Waals surface area contributed by atoms with Crippen molar-refractivity contribution in [3.8, 4) is 0 Å². The van der Waals surface area contributed by atoms with Crippen molar-refractivity contribution in [2.24, 2.45) is 11.8 Å². The third kappa shape index (κ3) is 3.58. The summed E-state index contributed by atoms with van der Waals surface area (Å²) in [5.74, 6) is -1.09. The molecule has 1 unspecified atom stereocenters. The normalized spacial score (nSPS) is 22.0. The summed E-state index contributed by atoms with van der Waals surface area (Å²) >= 11 is 0. The van der Waals surface area contributed by atoms with Crippen LogP contribution in [0.4, 0.5) is 0 Å². The molecule has 0 radical (unpaired) electrons. The molecule has 24 heavy (non-hydrogen) atoms. The summed E-state index contributed by atoms with van der Waals surface area (Å²) < 4.78 is 0. The lowest BCUT2D eigenvalue weighted by Gasteiger charge is -2.32. The number of piperidine rings is 1. The smallest absolute Gasteiger partial charge is 0.253 e. The van der Waals surface area contributed by atoms with Crippen molar-refractivity contribution in [3.05, 3.63) is 35.9 Å². The number of likely N-dealkylation sites (tertiary alicyclic amines) is 1. The van der Waals surface area contributed by atoms with E-state index in [0.29, 0.717) is 19.0 Å². The Morgan fingerprint density at radius 1 is 1.17 bits per heavy atom. The zero-order valence-electron chi connectivity index (χ0n) is 13.9. The maximum Gasteiger partial charge on any atom is 0.253 e. The third-order valence-electron chi connectivity index (χ3n) is 4.94. The first-order valence-corrected chi connectivity index (χ1v) is 8.44. The van der Waals surface area contributed by atoms with Gasteiger partial charge in [0.05, 0.1) is 0 Å². The quantitative estimate of drug-likeness (QED) is 0.837. The van der Waals surface area contributed by atoms with Crippen molar-refractivity contribution in [1.29, 1.82) is 0 Å². The van der Waals surface area contributed by atoms with E-state index in [0.717, 1.165) is 24.3 Å². The minimum absolute atomic E-state index is 0.0294. The number of carbonyl (C=O) groups excluding carboxylic acids is 3. The molecule has 1 N–H and O–H groups in total. The van der Waals surface area contributed by atoms with Crippen LogP contribution in [0, 0.1) is 11.8 Å². The lowest BCUT2D eigenvalue weighted by Crippen LogP contribution is -2.40. The molecule has 1 aromatic rings. The second-order valence-electron chi connectivity index (χ2n) is 6.64. The highest BCUT2D eigenvalue weighted by molar-refractivity contribution is 6.07. The van der Waals surface area contributed by atoms with Crippen molar-refractivity contribution in [1.82, 2.24) is 15.3 Å². The first-order chi connectivity index (χ1) is 11.5. The van der Waals surface area contributed by atoms with Crippen molar-refractivity contribution < 1.29 is 14.4 Å². The van der Waals surface area contributed by atoms with Gasteiger partial charge in [0.1, 0.15) is 5.92 Å². The summed E-state index contributed by atoms with van der Waals surface area (Å²) in [4.78, 5) is 37.8. The van der Waals surface area contributed by atoms with Gasteiger partial charge in [-0.3, -0.25) is 24.8 Å². The Hall–Kier alpha value is -2.37. The Morgan fingerprint density at radius 2 is 1.83 bits per heavy atom. The van der Waals surface area contributed by atoms with Crippen molar-refractivity contribution in [2.45, 2.75) is 25.7 Å². The summed E-state index contributed by atoms with van der Waals surface area (Å²) in [6, 6.07) is 10.4. The number of carbonyl (C=O) groups is 3. The molecule has 2 aliphatic heterocycles. The number of nitrogens with zero attached hydrogens (tertiary/aromatic N) is 2. The molecule has 2 saturated heterocycles. The average molecular weight is 329 g/mol. The molecule has 0 aliphatic carbocycles. The number of amides is 3. The van der Waals surface area contributed by atoms with Crippen LogP contribution in [0.2, 0.25) is 0 Å². The summed E-state index contributed by atoms with van der Waals surface area (Å²) in [6.45, 7) is 1.41. The van der Waals surface area contributed by atoms with Crippen LogP contribution < -0.4 is 5.43 Å². The fourth-order valence-corrected chi connectivity index (χ4v) is 3.46. The van der Waals surface area contributed by atoms with Gasteiger partial charge < -0.3 is 4.90 Å². The maximum absolute atomic E-state index is 12.4. The van der Waals surface area contributed by atoms with Crippen molar-refractivity contribution >= 4 is 17.7 Å². The summed E-state index contributed by atoms with van der Waals surface area (Å²) in [5, 5.41) is 1.16. The number of benzene rings is 1. The van der Waals surface area contributed by atoms with Crippen LogP contribution in [0.3, 0.4) is 0 Å². The highest BCUT2D eigenvalue weighted by Gasteiger charge is 2.39. The number of hydrogen-bond acceptors (Lipinski definition) is 3. The van der Waals surface area contributed by atoms with Crippen LogP contribution in [0.15, 0.2) is 30.3 Å². The van der Waals surface area contributed by atoms with Gasteiger partial charge in [-0.15, -0.1) is 0 Å². The lowest BCUT2D eigenvalue weighted by molar-refractivity contribution is -0.140. The van der Waals surface area contributed by atoms with Gasteiger partial charge in [0, 0.05) is 26.6 Å². The van der Waals surface area contributed by atoms with Crippen LogP contribution >= 0.6 is 0 Å². The predicted molar refractivity (Wildman–Crippen MR) is 88.5 cm³/mol. The number of nitrogens with one attached hydrogen (secondary N) is 1. The fourth-order valence-electron chi connectivity index (χ4n) is 3.46. The molecule has 0 saturated carbocycles. The zero-order chi connectivity index (χ0) is 17.1. The van der Waals surface area contributed by atoms with E-state index in [1.165, 1.54) is 12.6 Å². The second kappa shape index (κ2) is 7.03. The molecule has 6 nitrogen and oxygen atoms in total.